The number of ether oxygens (including phenoxy) is 2. The smallest absolute Gasteiger partial charge is 0.309 e. The van der Waals surface area contributed by atoms with E-state index in [1.807, 2.05) is 12.1 Å². The first-order chi connectivity index (χ1) is 9.67. The summed E-state index contributed by atoms with van der Waals surface area (Å²) in [4.78, 5) is 11.1. The second-order valence-electron chi connectivity index (χ2n) is 4.31. The summed E-state index contributed by atoms with van der Waals surface area (Å²) in [5, 5.41) is 0. The van der Waals surface area contributed by atoms with E-state index in [2.05, 4.69) is 4.74 Å². The van der Waals surface area contributed by atoms with Crippen LogP contribution in [0.5, 0.6) is 5.75 Å². The van der Waals surface area contributed by atoms with Crippen molar-refractivity contribution in [2.24, 2.45) is 0 Å². The molecule has 0 unspecified atom stereocenters. The van der Waals surface area contributed by atoms with Crippen LogP contribution in [-0.2, 0) is 22.6 Å². The molecule has 2 aromatic carbocycles. The van der Waals surface area contributed by atoms with Crippen LogP contribution in [0.3, 0.4) is 0 Å². The highest BCUT2D eigenvalue weighted by Crippen LogP contribution is 2.15. The minimum absolute atomic E-state index is 0.245. The maximum Gasteiger partial charge on any atom is 0.309 e. The molecule has 0 saturated carbocycles. The van der Waals surface area contributed by atoms with Crippen LogP contribution in [0.25, 0.3) is 0 Å². The first-order valence-electron chi connectivity index (χ1n) is 6.20. The van der Waals surface area contributed by atoms with Gasteiger partial charge in [0.25, 0.3) is 0 Å². The molecule has 2 rings (SSSR count). The number of carbonyl (C=O) groups is 1. The van der Waals surface area contributed by atoms with Crippen molar-refractivity contribution in [2.75, 3.05) is 7.11 Å². The van der Waals surface area contributed by atoms with Gasteiger partial charge < -0.3 is 9.47 Å². The Labute approximate surface area is 117 Å². The highest BCUT2D eigenvalue weighted by Gasteiger charge is 2.03. The van der Waals surface area contributed by atoms with Gasteiger partial charge in [-0.15, -0.1) is 0 Å². The Morgan fingerprint density at radius 3 is 2.20 bits per heavy atom. The number of benzene rings is 2. The summed E-state index contributed by atoms with van der Waals surface area (Å²) >= 11 is 0. The maximum absolute atomic E-state index is 12.7. The van der Waals surface area contributed by atoms with Crippen LogP contribution < -0.4 is 4.74 Å². The van der Waals surface area contributed by atoms with E-state index in [4.69, 9.17) is 4.74 Å². The average Bonchev–Trinajstić information content (AvgIpc) is 2.48. The Hall–Kier alpha value is -2.36. The van der Waals surface area contributed by atoms with Crippen molar-refractivity contribution in [2.45, 2.75) is 13.0 Å². The lowest BCUT2D eigenvalue weighted by Gasteiger charge is -2.07. The first-order valence-corrected chi connectivity index (χ1v) is 6.20. The molecule has 0 saturated heterocycles. The molecule has 3 nitrogen and oxygen atoms in total. The van der Waals surface area contributed by atoms with E-state index in [-0.39, 0.29) is 18.2 Å². The van der Waals surface area contributed by atoms with E-state index < -0.39 is 0 Å². The lowest BCUT2D eigenvalue weighted by molar-refractivity contribution is -0.139. The summed E-state index contributed by atoms with van der Waals surface area (Å²) in [6.07, 6.45) is 0.245. The molecule has 0 aliphatic rings. The molecule has 0 radical (unpaired) electrons. The van der Waals surface area contributed by atoms with E-state index in [1.54, 1.807) is 24.3 Å². The molecule has 0 aromatic heterocycles. The van der Waals surface area contributed by atoms with E-state index in [0.717, 1.165) is 11.1 Å². The Balaban J connectivity index is 1.90. The van der Waals surface area contributed by atoms with Gasteiger partial charge in [0.15, 0.2) is 0 Å². The number of carbonyl (C=O) groups excluding carboxylic acids is 1. The third kappa shape index (κ3) is 4.09. The fourth-order valence-electron chi connectivity index (χ4n) is 1.69. The minimum Gasteiger partial charge on any atom is -0.489 e. The van der Waals surface area contributed by atoms with Crippen molar-refractivity contribution in [1.29, 1.82) is 0 Å². The number of rotatable bonds is 5. The molecular formula is C16H15FO3. The van der Waals surface area contributed by atoms with Crippen LogP contribution in [-0.4, -0.2) is 13.1 Å². The Bertz CT molecular complexity index is 561. The molecule has 0 fully saturated rings. The molecular weight excluding hydrogens is 259 g/mol. The van der Waals surface area contributed by atoms with Gasteiger partial charge in [-0.2, -0.15) is 0 Å². The summed E-state index contributed by atoms with van der Waals surface area (Å²) in [5.41, 5.74) is 1.76. The molecule has 2 aromatic rings. The number of methoxy groups -OCH3 is 1. The van der Waals surface area contributed by atoms with Gasteiger partial charge in [-0.25, -0.2) is 4.39 Å². The lowest BCUT2D eigenvalue weighted by atomic mass is 10.1. The monoisotopic (exact) mass is 274 g/mol. The van der Waals surface area contributed by atoms with Gasteiger partial charge in [-0.3, -0.25) is 4.79 Å². The van der Waals surface area contributed by atoms with Crippen molar-refractivity contribution >= 4 is 5.97 Å². The zero-order chi connectivity index (χ0) is 14.4. The Morgan fingerprint density at radius 1 is 1.00 bits per heavy atom. The fourth-order valence-corrected chi connectivity index (χ4v) is 1.69. The molecule has 4 heteroatoms. The largest absolute Gasteiger partial charge is 0.489 e. The summed E-state index contributed by atoms with van der Waals surface area (Å²) in [6.45, 7) is 0.372. The van der Waals surface area contributed by atoms with Crippen LogP contribution in [0.15, 0.2) is 48.5 Å². The van der Waals surface area contributed by atoms with Gasteiger partial charge in [0.1, 0.15) is 18.2 Å². The average molecular weight is 274 g/mol. The second-order valence-corrected chi connectivity index (χ2v) is 4.31. The van der Waals surface area contributed by atoms with Crippen molar-refractivity contribution in [3.63, 3.8) is 0 Å². The van der Waals surface area contributed by atoms with E-state index >= 15 is 0 Å². The maximum atomic E-state index is 12.7. The first kappa shape index (κ1) is 14.1. The normalized spacial score (nSPS) is 10.1. The van der Waals surface area contributed by atoms with Crippen LogP contribution in [0, 0.1) is 5.82 Å². The van der Waals surface area contributed by atoms with E-state index in [0.29, 0.717) is 12.4 Å². The predicted octanol–water partition coefficient (Wildman–Crippen LogP) is 3.12. The van der Waals surface area contributed by atoms with E-state index in [1.165, 1.54) is 19.2 Å². The number of hydrogen-bond acceptors (Lipinski definition) is 3. The van der Waals surface area contributed by atoms with Gasteiger partial charge in [0.05, 0.1) is 13.5 Å². The van der Waals surface area contributed by atoms with Crippen molar-refractivity contribution in [3.05, 3.63) is 65.5 Å². The molecule has 0 atom stereocenters. The Kier molecular flexibility index (Phi) is 4.71. The quantitative estimate of drug-likeness (QED) is 0.786. The highest BCUT2D eigenvalue weighted by molar-refractivity contribution is 5.72. The van der Waals surface area contributed by atoms with Crippen LogP contribution in [0.1, 0.15) is 11.1 Å². The number of esters is 1. The molecule has 0 aliphatic heterocycles. The predicted molar refractivity (Wildman–Crippen MR) is 72.9 cm³/mol. The summed E-state index contributed by atoms with van der Waals surface area (Å²) in [5.74, 6) is 0.161. The SMILES string of the molecule is COC(=O)Cc1ccc(OCc2ccc(F)cc2)cc1. The third-order valence-electron chi connectivity index (χ3n) is 2.82. The minimum atomic E-state index is -0.273. The topological polar surface area (TPSA) is 35.5 Å². The zero-order valence-corrected chi connectivity index (χ0v) is 11.1. The van der Waals surface area contributed by atoms with Crippen LogP contribution in [0.4, 0.5) is 4.39 Å². The second kappa shape index (κ2) is 6.70. The molecule has 0 heterocycles. The molecule has 104 valence electrons. The summed E-state index contributed by atoms with van der Waals surface area (Å²) < 4.78 is 22.9. The summed E-state index contributed by atoms with van der Waals surface area (Å²) in [6, 6.07) is 13.4. The molecule has 0 bridgehead atoms. The standard InChI is InChI=1S/C16H15FO3/c1-19-16(18)10-12-4-8-15(9-5-12)20-11-13-2-6-14(17)7-3-13/h2-9H,10-11H2,1H3. The fraction of sp³-hybridized carbons (Fsp3) is 0.188. The molecule has 0 amide bonds. The molecule has 0 N–H and O–H groups in total. The number of halogens is 1. The van der Waals surface area contributed by atoms with Crippen molar-refractivity contribution in [3.8, 4) is 5.75 Å². The zero-order valence-electron chi connectivity index (χ0n) is 11.1. The van der Waals surface area contributed by atoms with Gasteiger partial charge in [-0.05, 0) is 35.4 Å². The lowest BCUT2D eigenvalue weighted by Crippen LogP contribution is -2.04. The van der Waals surface area contributed by atoms with Gasteiger partial charge in [-0.1, -0.05) is 24.3 Å². The third-order valence-corrected chi connectivity index (χ3v) is 2.82. The summed E-state index contributed by atoms with van der Waals surface area (Å²) in [7, 11) is 1.36. The van der Waals surface area contributed by atoms with Gasteiger partial charge >= 0.3 is 5.97 Å². The molecule has 0 aliphatic carbocycles. The van der Waals surface area contributed by atoms with Crippen LogP contribution >= 0.6 is 0 Å². The van der Waals surface area contributed by atoms with Crippen molar-refractivity contribution in [1.82, 2.24) is 0 Å². The van der Waals surface area contributed by atoms with Gasteiger partial charge in [0.2, 0.25) is 0 Å². The van der Waals surface area contributed by atoms with Crippen LogP contribution in [0.2, 0.25) is 0 Å². The highest BCUT2D eigenvalue weighted by atomic mass is 19.1. The van der Waals surface area contributed by atoms with E-state index in [9.17, 15) is 9.18 Å². The molecule has 20 heavy (non-hydrogen) atoms. The van der Waals surface area contributed by atoms with Crippen molar-refractivity contribution < 1.29 is 18.7 Å². The number of hydrogen-bond donors (Lipinski definition) is 0. The van der Waals surface area contributed by atoms with Gasteiger partial charge in [0, 0.05) is 0 Å². The molecule has 0 spiro atoms. The Morgan fingerprint density at radius 2 is 1.60 bits per heavy atom.